The van der Waals surface area contributed by atoms with Crippen molar-refractivity contribution in [2.75, 3.05) is 19.6 Å². The molecule has 4 rings (SSSR count). The van der Waals surface area contributed by atoms with Crippen molar-refractivity contribution in [3.63, 3.8) is 0 Å². The number of aryl methyl sites for hydroxylation is 1. The van der Waals surface area contributed by atoms with Crippen molar-refractivity contribution in [2.24, 2.45) is 5.92 Å². The van der Waals surface area contributed by atoms with Crippen LogP contribution in [0.4, 0.5) is 0 Å². The first-order valence-corrected chi connectivity index (χ1v) is 11.0. The molecule has 0 unspecified atom stereocenters. The monoisotopic (exact) mass is 418 g/mol. The summed E-state index contributed by atoms with van der Waals surface area (Å²) in [6, 6.07) is 9.89. The van der Waals surface area contributed by atoms with Crippen LogP contribution in [-0.2, 0) is 13.0 Å². The van der Waals surface area contributed by atoms with E-state index in [9.17, 15) is 4.79 Å². The normalized spacial score (nSPS) is 16.9. The Morgan fingerprint density at radius 3 is 2.58 bits per heavy atom. The largest absolute Gasteiger partial charge is 0.485 e. The van der Waals surface area contributed by atoms with E-state index in [2.05, 4.69) is 39.3 Å². The van der Waals surface area contributed by atoms with Crippen molar-refractivity contribution in [3.05, 3.63) is 76.7 Å². The van der Waals surface area contributed by atoms with Crippen molar-refractivity contribution in [1.29, 1.82) is 0 Å². The number of benzene rings is 1. The number of nitrogens with one attached hydrogen (secondary N) is 1. The number of aromatic nitrogens is 2. The van der Waals surface area contributed by atoms with Crippen molar-refractivity contribution in [2.45, 2.75) is 39.7 Å². The number of carbonyl (C=O) groups is 1. The topological polar surface area (TPSA) is 67.4 Å². The van der Waals surface area contributed by atoms with E-state index in [4.69, 9.17) is 4.74 Å². The second-order valence-electron chi connectivity index (χ2n) is 8.38. The Balaban J connectivity index is 1.37. The Bertz CT molecular complexity index is 977. The lowest BCUT2D eigenvalue weighted by molar-refractivity contribution is 0.111. The summed E-state index contributed by atoms with van der Waals surface area (Å²) in [6.07, 6.45) is 8.12. The zero-order valence-corrected chi connectivity index (χ0v) is 18.3. The minimum absolute atomic E-state index is 0.342. The van der Waals surface area contributed by atoms with Crippen molar-refractivity contribution in [3.8, 4) is 5.75 Å². The molecule has 2 aliphatic heterocycles. The first-order chi connectivity index (χ1) is 15.1. The van der Waals surface area contributed by atoms with Gasteiger partial charge in [-0.3, -0.25) is 4.79 Å². The van der Waals surface area contributed by atoms with E-state index in [1.807, 2.05) is 37.3 Å². The summed E-state index contributed by atoms with van der Waals surface area (Å²) in [4.78, 5) is 23.3. The van der Waals surface area contributed by atoms with Gasteiger partial charge in [0.15, 0.2) is 12.0 Å². The third-order valence-corrected chi connectivity index (χ3v) is 5.95. The van der Waals surface area contributed by atoms with Crippen LogP contribution in [0.2, 0.25) is 0 Å². The Morgan fingerprint density at radius 1 is 1.13 bits per heavy atom. The van der Waals surface area contributed by atoms with Gasteiger partial charge in [-0.1, -0.05) is 42.0 Å². The van der Waals surface area contributed by atoms with Crippen LogP contribution in [0.3, 0.4) is 0 Å². The molecule has 6 nitrogen and oxygen atoms in total. The molecule has 1 aromatic heterocycles. The molecule has 1 N–H and O–H groups in total. The van der Waals surface area contributed by atoms with E-state index in [0.29, 0.717) is 24.0 Å². The fraction of sp³-hybridized carbons (Fsp3) is 0.400. The lowest BCUT2D eigenvalue weighted by Crippen LogP contribution is -2.39. The third-order valence-electron chi connectivity index (χ3n) is 5.95. The highest BCUT2D eigenvalue weighted by Crippen LogP contribution is 2.26. The predicted molar refractivity (Wildman–Crippen MR) is 121 cm³/mol. The van der Waals surface area contributed by atoms with E-state index in [1.54, 1.807) is 0 Å². The Morgan fingerprint density at radius 2 is 1.90 bits per heavy atom. The Hall–Kier alpha value is -3.15. The van der Waals surface area contributed by atoms with Gasteiger partial charge in [0.05, 0.1) is 5.69 Å². The molecule has 0 atom stereocenters. The SMILES string of the molecule is CC1=CC=C(N2CCC(Cc3nc(C)c(OCc4ccccc4)c(C=O)n3)CC2)NC1. The summed E-state index contributed by atoms with van der Waals surface area (Å²) in [7, 11) is 0. The van der Waals surface area contributed by atoms with E-state index in [1.165, 1.54) is 11.4 Å². The number of nitrogens with zero attached hydrogens (tertiary/aromatic N) is 3. The van der Waals surface area contributed by atoms with E-state index in [0.717, 1.165) is 62.3 Å². The van der Waals surface area contributed by atoms with Crippen LogP contribution in [0.25, 0.3) is 0 Å². The average Bonchev–Trinajstić information content (AvgIpc) is 2.80. The maximum Gasteiger partial charge on any atom is 0.172 e. The van der Waals surface area contributed by atoms with Crippen LogP contribution in [-0.4, -0.2) is 40.8 Å². The molecule has 162 valence electrons. The lowest BCUT2D eigenvalue weighted by Gasteiger charge is -2.36. The van der Waals surface area contributed by atoms with Gasteiger partial charge in [0, 0.05) is 26.1 Å². The lowest BCUT2D eigenvalue weighted by atomic mass is 9.93. The molecule has 1 fully saturated rings. The summed E-state index contributed by atoms with van der Waals surface area (Å²) in [5.41, 5.74) is 3.46. The molecule has 0 spiro atoms. The number of allylic oxidation sites excluding steroid dienone is 2. The van der Waals surface area contributed by atoms with Crippen molar-refractivity contribution >= 4 is 6.29 Å². The average molecular weight is 419 g/mol. The number of hydrogen-bond donors (Lipinski definition) is 1. The molecule has 0 bridgehead atoms. The molecule has 0 amide bonds. The van der Waals surface area contributed by atoms with E-state index in [-0.39, 0.29) is 0 Å². The van der Waals surface area contributed by atoms with Crippen molar-refractivity contribution < 1.29 is 9.53 Å². The summed E-state index contributed by atoms with van der Waals surface area (Å²) >= 11 is 0. The number of aldehydes is 1. The highest BCUT2D eigenvalue weighted by atomic mass is 16.5. The van der Waals surface area contributed by atoms with Gasteiger partial charge in [-0.25, -0.2) is 9.97 Å². The fourth-order valence-corrected chi connectivity index (χ4v) is 4.15. The fourth-order valence-electron chi connectivity index (χ4n) is 4.15. The minimum Gasteiger partial charge on any atom is -0.485 e. The summed E-state index contributed by atoms with van der Waals surface area (Å²) in [5, 5.41) is 3.50. The maximum atomic E-state index is 11.7. The Labute approximate surface area is 184 Å². The number of carbonyl (C=O) groups excluding carboxylic acids is 1. The molecule has 1 saturated heterocycles. The van der Waals surface area contributed by atoms with Crippen LogP contribution >= 0.6 is 0 Å². The summed E-state index contributed by atoms with van der Waals surface area (Å²) in [6.45, 7) is 7.38. The molecular formula is C25H30N4O2. The van der Waals surface area contributed by atoms with E-state index < -0.39 is 0 Å². The van der Waals surface area contributed by atoms with Gasteiger partial charge in [0.1, 0.15) is 23.9 Å². The maximum absolute atomic E-state index is 11.7. The van der Waals surface area contributed by atoms with Gasteiger partial charge in [-0.15, -0.1) is 0 Å². The number of ether oxygens (including phenoxy) is 1. The summed E-state index contributed by atoms with van der Waals surface area (Å²) < 4.78 is 5.90. The van der Waals surface area contributed by atoms with Crippen LogP contribution in [0.5, 0.6) is 5.75 Å². The molecular weight excluding hydrogens is 388 g/mol. The van der Waals surface area contributed by atoms with Gasteiger partial charge in [-0.2, -0.15) is 0 Å². The Kier molecular flexibility index (Phi) is 6.65. The summed E-state index contributed by atoms with van der Waals surface area (Å²) in [5.74, 6) is 2.96. The van der Waals surface area contributed by atoms with Gasteiger partial charge < -0.3 is 15.0 Å². The molecule has 0 aliphatic carbocycles. The highest BCUT2D eigenvalue weighted by Gasteiger charge is 2.23. The second-order valence-corrected chi connectivity index (χ2v) is 8.38. The molecule has 0 saturated carbocycles. The molecule has 1 aromatic carbocycles. The zero-order valence-electron chi connectivity index (χ0n) is 18.3. The molecule has 0 radical (unpaired) electrons. The first kappa shape index (κ1) is 21.1. The number of hydrogen-bond acceptors (Lipinski definition) is 6. The predicted octanol–water partition coefficient (Wildman–Crippen LogP) is 3.82. The standard InChI is InChI=1S/C25H30N4O2/c1-18-8-9-24(26-15-18)29-12-10-20(11-13-29)14-23-27-19(2)25(22(16-30)28-23)31-17-21-6-4-3-5-7-21/h3-9,16,20,26H,10-15,17H2,1-2H3. The number of piperidine rings is 1. The van der Waals surface area contributed by atoms with Crippen molar-refractivity contribution in [1.82, 2.24) is 20.2 Å². The smallest absolute Gasteiger partial charge is 0.172 e. The zero-order chi connectivity index (χ0) is 21.6. The van der Waals surface area contributed by atoms with Crippen LogP contribution in [0.15, 0.2) is 53.9 Å². The molecule has 6 heteroatoms. The second kappa shape index (κ2) is 9.77. The van der Waals surface area contributed by atoms with Gasteiger partial charge in [-0.05, 0) is 44.2 Å². The molecule has 2 aliphatic rings. The van der Waals surface area contributed by atoms with Gasteiger partial charge >= 0.3 is 0 Å². The van der Waals surface area contributed by atoms with Gasteiger partial charge in [0.25, 0.3) is 0 Å². The van der Waals surface area contributed by atoms with Crippen LogP contribution in [0, 0.1) is 12.8 Å². The van der Waals surface area contributed by atoms with Crippen LogP contribution in [0.1, 0.15) is 47.3 Å². The molecule has 2 aromatic rings. The number of likely N-dealkylation sites (tertiary alicyclic amines) is 1. The third kappa shape index (κ3) is 5.32. The quantitative estimate of drug-likeness (QED) is 0.690. The highest BCUT2D eigenvalue weighted by molar-refractivity contribution is 5.76. The van der Waals surface area contributed by atoms with Crippen LogP contribution < -0.4 is 10.1 Å². The van der Waals surface area contributed by atoms with E-state index >= 15 is 0 Å². The van der Waals surface area contributed by atoms with Gasteiger partial charge in [0.2, 0.25) is 0 Å². The minimum atomic E-state index is 0.342. The first-order valence-electron chi connectivity index (χ1n) is 11.0. The molecule has 31 heavy (non-hydrogen) atoms. The number of dihydropyridines is 1. The molecule has 3 heterocycles. The number of rotatable bonds is 7.